The lowest BCUT2D eigenvalue weighted by atomic mass is 10.0. The Balaban J connectivity index is 1.60. The number of thioether (sulfide) groups is 1. The highest BCUT2D eigenvalue weighted by Gasteiger charge is 2.18. The quantitative estimate of drug-likeness (QED) is 0.300. The number of carbonyl (C=O) groups excluding carboxylic acids is 1. The fraction of sp³-hybridized carbons (Fsp3) is 0.192. The van der Waals surface area contributed by atoms with Gasteiger partial charge in [0.2, 0.25) is 5.91 Å². The van der Waals surface area contributed by atoms with Crippen LogP contribution in [0, 0.1) is 6.92 Å². The Labute approximate surface area is 203 Å². The summed E-state index contributed by atoms with van der Waals surface area (Å²) in [5.41, 5.74) is 4.93. The maximum absolute atomic E-state index is 12.8. The molecule has 1 amide bonds. The van der Waals surface area contributed by atoms with E-state index in [4.69, 9.17) is 11.6 Å². The van der Waals surface area contributed by atoms with Crippen molar-refractivity contribution in [1.29, 1.82) is 0 Å². The van der Waals surface area contributed by atoms with Crippen LogP contribution in [-0.2, 0) is 4.79 Å². The van der Waals surface area contributed by atoms with Crippen molar-refractivity contribution < 1.29 is 4.79 Å². The molecule has 0 aliphatic rings. The zero-order valence-electron chi connectivity index (χ0n) is 18.7. The molecule has 0 fully saturated rings. The Hall–Kier alpha value is -3.09. The number of anilines is 1. The zero-order valence-corrected chi connectivity index (χ0v) is 20.3. The van der Waals surface area contributed by atoms with Gasteiger partial charge in [0.25, 0.3) is 0 Å². The van der Waals surface area contributed by atoms with E-state index in [1.54, 1.807) is 0 Å². The number of nitrogens with one attached hydrogen (secondary N) is 1. The maximum atomic E-state index is 12.8. The molecule has 0 aliphatic carbocycles. The molecule has 5 nitrogen and oxygen atoms in total. The van der Waals surface area contributed by atoms with Crippen LogP contribution in [0.4, 0.5) is 5.69 Å². The number of hydrogen-bond acceptors (Lipinski definition) is 4. The van der Waals surface area contributed by atoms with E-state index in [1.807, 2.05) is 78.2 Å². The monoisotopic (exact) mass is 476 g/mol. The predicted octanol–water partition coefficient (Wildman–Crippen LogP) is 6.75. The minimum Gasteiger partial charge on any atom is -0.325 e. The van der Waals surface area contributed by atoms with Crippen molar-refractivity contribution in [1.82, 2.24) is 14.8 Å². The number of hydrogen-bond donors (Lipinski definition) is 1. The molecule has 0 unspecified atom stereocenters. The Morgan fingerprint density at radius 2 is 1.79 bits per heavy atom. The summed E-state index contributed by atoms with van der Waals surface area (Å²) in [6, 6.07) is 23.5. The highest BCUT2D eigenvalue weighted by atomic mass is 35.5. The van der Waals surface area contributed by atoms with Crippen LogP contribution >= 0.6 is 23.4 Å². The summed E-state index contributed by atoms with van der Waals surface area (Å²) in [7, 11) is 0. The van der Waals surface area contributed by atoms with Gasteiger partial charge >= 0.3 is 0 Å². The Morgan fingerprint density at radius 1 is 1.03 bits per heavy atom. The van der Waals surface area contributed by atoms with E-state index in [9.17, 15) is 4.79 Å². The molecule has 0 aliphatic heterocycles. The molecule has 0 saturated heterocycles. The summed E-state index contributed by atoms with van der Waals surface area (Å²) in [5, 5.41) is 13.2. The van der Waals surface area contributed by atoms with Crippen LogP contribution in [0.3, 0.4) is 0 Å². The lowest BCUT2D eigenvalue weighted by molar-refractivity contribution is -0.113. The minimum absolute atomic E-state index is 0.0872. The number of aryl methyl sites for hydroxylation is 1. The van der Waals surface area contributed by atoms with Gasteiger partial charge in [-0.25, -0.2) is 0 Å². The first-order valence-corrected chi connectivity index (χ1v) is 12.1. The van der Waals surface area contributed by atoms with Gasteiger partial charge in [0.05, 0.1) is 5.75 Å². The normalized spacial score (nSPS) is 11.1. The van der Waals surface area contributed by atoms with Crippen molar-refractivity contribution in [3.8, 4) is 17.1 Å². The topological polar surface area (TPSA) is 59.8 Å². The van der Waals surface area contributed by atoms with Crippen LogP contribution in [0.1, 0.15) is 30.9 Å². The number of aromatic nitrogens is 3. The number of benzene rings is 3. The van der Waals surface area contributed by atoms with Crippen LogP contribution < -0.4 is 5.32 Å². The number of carbonyl (C=O) groups is 1. The first kappa shape index (κ1) is 23.1. The number of para-hydroxylation sites is 1. The molecule has 4 aromatic rings. The Bertz CT molecular complexity index is 1270. The second kappa shape index (κ2) is 10.2. The van der Waals surface area contributed by atoms with E-state index >= 15 is 0 Å². The second-order valence-electron chi connectivity index (χ2n) is 8.07. The van der Waals surface area contributed by atoms with Gasteiger partial charge in [-0.15, -0.1) is 10.2 Å². The molecule has 0 radical (unpaired) electrons. The first-order chi connectivity index (χ1) is 15.9. The average molecular weight is 477 g/mol. The van der Waals surface area contributed by atoms with Crippen molar-refractivity contribution in [2.75, 3.05) is 11.1 Å². The molecule has 7 heteroatoms. The number of amides is 1. The van der Waals surface area contributed by atoms with Crippen molar-refractivity contribution in [2.24, 2.45) is 0 Å². The van der Waals surface area contributed by atoms with E-state index in [1.165, 1.54) is 11.8 Å². The molecule has 0 bridgehead atoms. The van der Waals surface area contributed by atoms with Crippen molar-refractivity contribution >= 4 is 35.0 Å². The molecule has 0 spiro atoms. The fourth-order valence-electron chi connectivity index (χ4n) is 3.59. The van der Waals surface area contributed by atoms with E-state index in [0.717, 1.165) is 28.1 Å². The Kier molecular flexibility index (Phi) is 7.16. The minimum atomic E-state index is -0.0872. The van der Waals surface area contributed by atoms with Crippen molar-refractivity contribution in [3.63, 3.8) is 0 Å². The average Bonchev–Trinajstić information content (AvgIpc) is 3.22. The maximum Gasteiger partial charge on any atom is 0.234 e. The SMILES string of the molecule is Cc1cccc(-c2nnc(SCC(=O)Nc3ccccc3C(C)C)n2-c2ccc(Cl)cc2)c1. The van der Waals surface area contributed by atoms with Gasteiger partial charge in [0.1, 0.15) is 0 Å². The molecule has 168 valence electrons. The van der Waals surface area contributed by atoms with Gasteiger partial charge in [-0.1, -0.05) is 79.2 Å². The second-order valence-corrected chi connectivity index (χ2v) is 9.45. The molecule has 1 N–H and O–H groups in total. The smallest absolute Gasteiger partial charge is 0.234 e. The van der Waals surface area contributed by atoms with E-state index in [0.29, 0.717) is 21.9 Å². The molecule has 0 saturated carbocycles. The zero-order chi connectivity index (χ0) is 23.4. The Morgan fingerprint density at radius 3 is 2.52 bits per heavy atom. The number of nitrogens with zero attached hydrogens (tertiary/aromatic N) is 3. The number of halogens is 1. The van der Waals surface area contributed by atoms with Crippen LogP contribution in [0.25, 0.3) is 17.1 Å². The molecule has 3 aromatic carbocycles. The summed E-state index contributed by atoms with van der Waals surface area (Å²) in [5.74, 6) is 1.16. The molecule has 1 heterocycles. The highest BCUT2D eigenvalue weighted by molar-refractivity contribution is 7.99. The molecular weight excluding hydrogens is 452 g/mol. The fourth-order valence-corrected chi connectivity index (χ4v) is 4.47. The van der Waals surface area contributed by atoms with Crippen LogP contribution in [0.15, 0.2) is 78.0 Å². The molecule has 1 aromatic heterocycles. The van der Waals surface area contributed by atoms with Gasteiger partial charge in [-0.05, 0) is 54.8 Å². The molecular formula is C26H25ClN4OS. The van der Waals surface area contributed by atoms with Crippen LogP contribution in [0.2, 0.25) is 5.02 Å². The lowest BCUT2D eigenvalue weighted by Crippen LogP contribution is -2.16. The van der Waals surface area contributed by atoms with Gasteiger partial charge in [-0.2, -0.15) is 0 Å². The number of rotatable bonds is 7. The third kappa shape index (κ3) is 5.46. The molecule has 0 atom stereocenters. The summed E-state index contributed by atoms with van der Waals surface area (Å²) in [4.78, 5) is 12.8. The van der Waals surface area contributed by atoms with Crippen LogP contribution in [-0.4, -0.2) is 26.4 Å². The first-order valence-electron chi connectivity index (χ1n) is 10.7. The summed E-state index contributed by atoms with van der Waals surface area (Å²) >= 11 is 7.46. The summed E-state index contributed by atoms with van der Waals surface area (Å²) in [6.45, 7) is 6.27. The molecule has 33 heavy (non-hydrogen) atoms. The summed E-state index contributed by atoms with van der Waals surface area (Å²) in [6.07, 6.45) is 0. The highest BCUT2D eigenvalue weighted by Crippen LogP contribution is 2.29. The lowest BCUT2D eigenvalue weighted by Gasteiger charge is -2.14. The third-order valence-electron chi connectivity index (χ3n) is 5.18. The third-order valence-corrected chi connectivity index (χ3v) is 6.36. The van der Waals surface area contributed by atoms with E-state index in [-0.39, 0.29) is 11.7 Å². The van der Waals surface area contributed by atoms with Gasteiger partial charge < -0.3 is 5.32 Å². The van der Waals surface area contributed by atoms with Crippen molar-refractivity contribution in [2.45, 2.75) is 31.8 Å². The van der Waals surface area contributed by atoms with Crippen LogP contribution in [0.5, 0.6) is 0 Å². The molecule has 4 rings (SSSR count). The van der Waals surface area contributed by atoms with Gasteiger partial charge in [0, 0.05) is 22.0 Å². The van der Waals surface area contributed by atoms with E-state index < -0.39 is 0 Å². The predicted molar refractivity (Wildman–Crippen MR) is 136 cm³/mol. The van der Waals surface area contributed by atoms with E-state index in [2.05, 4.69) is 35.4 Å². The van der Waals surface area contributed by atoms with Gasteiger partial charge in [0.15, 0.2) is 11.0 Å². The van der Waals surface area contributed by atoms with Gasteiger partial charge in [-0.3, -0.25) is 9.36 Å². The summed E-state index contributed by atoms with van der Waals surface area (Å²) < 4.78 is 1.96. The largest absolute Gasteiger partial charge is 0.325 e. The van der Waals surface area contributed by atoms with Crippen molar-refractivity contribution in [3.05, 3.63) is 88.9 Å². The standard InChI is InChI=1S/C26H25ClN4OS/c1-17(2)22-9-4-5-10-23(22)28-24(32)16-33-26-30-29-25(19-8-6-7-18(3)15-19)31(26)21-13-11-20(27)12-14-21/h4-15,17H,16H2,1-3H3,(H,28,32).